The Morgan fingerprint density at radius 1 is 0.857 bits per heavy atom. The minimum Gasteiger partial charge on any atom is -0.465 e. The number of carbonyl (C=O) groups excluding carboxylic acids is 2. The maximum atomic E-state index is 12.4. The van der Waals surface area contributed by atoms with Crippen LogP contribution in [0.25, 0.3) is 0 Å². The van der Waals surface area contributed by atoms with Crippen LogP contribution < -0.4 is 0 Å². The van der Waals surface area contributed by atoms with E-state index in [9.17, 15) is 9.59 Å². The summed E-state index contributed by atoms with van der Waals surface area (Å²) in [6, 6.07) is -0.555. The molecule has 0 rings (SSSR count). The minimum atomic E-state index is -0.555. The van der Waals surface area contributed by atoms with Crippen molar-refractivity contribution < 1.29 is 19.1 Å². The largest absolute Gasteiger partial charge is 0.465 e. The van der Waals surface area contributed by atoms with E-state index in [1.165, 1.54) is 0 Å². The molecule has 0 aromatic heterocycles. The summed E-state index contributed by atoms with van der Waals surface area (Å²) in [7, 11) is 0. The number of hydrogen-bond donors (Lipinski definition) is 0. The number of esters is 2. The van der Waals surface area contributed by atoms with Gasteiger partial charge >= 0.3 is 11.9 Å². The highest BCUT2D eigenvalue weighted by molar-refractivity contribution is 5.84. The summed E-state index contributed by atoms with van der Waals surface area (Å²) in [4.78, 5) is 26.6. The fourth-order valence-electron chi connectivity index (χ4n) is 2.30. The molecule has 2 unspecified atom stereocenters. The van der Waals surface area contributed by atoms with Gasteiger partial charge in [0.1, 0.15) is 6.04 Å². The number of ether oxygens (including phenoxy) is 2. The molecular weight excluding hydrogens is 270 g/mol. The Morgan fingerprint density at radius 2 is 1.33 bits per heavy atom. The average Bonchev–Trinajstić information content (AvgIpc) is 2.50. The topological polar surface area (TPSA) is 55.8 Å². The van der Waals surface area contributed by atoms with Crippen molar-refractivity contribution >= 4 is 11.9 Å². The number of carbonyl (C=O) groups is 2. The second-order valence-corrected chi connectivity index (χ2v) is 5.02. The van der Waals surface area contributed by atoms with Gasteiger partial charge in [-0.2, -0.15) is 0 Å². The van der Waals surface area contributed by atoms with E-state index in [1.54, 1.807) is 0 Å². The fraction of sp³-hybridized carbons (Fsp3) is 0.875. The van der Waals surface area contributed by atoms with Crippen LogP contribution in [-0.2, 0) is 19.1 Å². The number of nitrogens with zero attached hydrogens (tertiary/aromatic N) is 1. The summed E-state index contributed by atoms with van der Waals surface area (Å²) in [5.74, 6) is -1.09. The molecule has 21 heavy (non-hydrogen) atoms. The summed E-state index contributed by atoms with van der Waals surface area (Å²) in [5.41, 5.74) is 0. The Morgan fingerprint density at radius 3 is 1.71 bits per heavy atom. The van der Waals surface area contributed by atoms with Gasteiger partial charge in [-0.1, -0.05) is 34.6 Å². The summed E-state index contributed by atoms with van der Waals surface area (Å²) >= 11 is 0. The predicted molar refractivity (Wildman–Crippen MR) is 83.0 cm³/mol. The first-order valence-corrected chi connectivity index (χ1v) is 8.14. The summed E-state index contributed by atoms with van der Waals surface area (Å²) in [6.07, 6.45) is 2.11. The monoisotopic (exact) mass is 301 g/mol. The minimum absolute atomic E-state index is 0.301. The molecule has 0 aliphatic heterocycles. The van der Waals surface area contributed by atoms with Crippen LogP contribution >= 0.6 is 0 Å². The van der Waals surface area contributed by atoms with E-state index in [1.807, 2.05) is 39.5 Å². The van der Waals surface area contributed by atoms with Crippen molar-refractivity contribution in [3.8, 4) is 0 Å². The smallest absolute Gasteiger partial charge is 0.324 e. The third-order valence-electron chi connectivity index (χ3n) is 3.47. The van der Waals surface area contributed by atoms with Gasteiger partial charge in [0.15, 0.2) is 0 Å². The molecular formula is C16H31NO4. The van der Waals surface area contributed by atoms with E-state index in [4.69, 9.17) is 9.47 Å². The number of hydrogen-bond acceptors (Lipinski definition) is 5. The first-order valence-electron chi connectivity index (χ1n) is 8.14. The zero-order valence-electron chi connectivity index (χ0n) is 14.2. The third-order valence-corrected chi connectivity index (χ3v) is 3.47. The highest BCUT2D eigenvalue weighted by atomic mass is 16.5. The van der Waals surface area contributed by atoms with Crippen LogP contribution in [0, 0.1) is 5.92 Å². The third kappa shape index (κ3) is 6.46. The average molecular weight is 301 g/mol. The van der Waals surface area contributed by atoms with Crippen LogP contribution in [0.3, 0.4) is 0 Å². The zero-order chi connectivity index (χ0) is 16.3. The lowest BCUT2D eigenvalue weighted by molar-refractivity contribution is -0.162. The van der Waals surface area contributed by atoms with Gasteiger partial charge in [0.2, 0.25) is 0 Å². The number of rotatable bonds is 11. The molecule has 0 aliphatic rings. The fourth-order valence-corrected chi connectivity index (χ4v) is 2.30. The van der Waals surface area contributed by atoms with Crippen molar-refractivity contribution in [2.45, 2.75) is 59.9 Å². The zero-order valence-corrected chi connectivity index (χ0v) is 14.2. The molecule has 0 bridgehead atoms. The van der Waals surface area contributed by atoms with Crippen molar-refractivity contribution in [1.82, 2.24) is 4.90 Å². The molecule has 0 radical (unpaired) electrons. The lowest BCUT2D eigenvalue weighted by Crippen LogP contribution is -2.49. The molecule has 0 aliphatic carbocycles. The molecule has 0 aromatic rings. The highest BCUT2D eigenvalue weighted by Gasteiger charge is 2.38. The van der Waals surface area contributed by atoms with Gasteiger partial charge in [-0.05, 0) is 32.4 Å². The standard InChI is InChI=1S/C16H31NO4/c1-6-11-20-15(18)13(8-3)14(17(9-4)10-5)16(19)21-12-7-2/h13-14H,6-12H2,1-5H3. The van der Waals surface area contributed by atoms with Crippen LogP contribution in [0.15, 0.2) is 0 Å². The van der Waals surface area contributed by atoms with Crippen LogP contribution in [0.5, 0.6) is 0 Å². The SMILES string of the molecule is CCCOC(=O)C(CC)C(C(=O)OCCC)N(CC)CC. The molecule has 0 amide bonds. The maximum absolute atomic E-state index is 12.4. The van der Waals surface area contributed by atoms with Gasteiger partial charge in [-0.3, -0.25) is 14.5 Å². The molecule has 0 fully saturated rings. The number of likely N-dealkylation sites (N-methyl/N-ethyl adjacent to an activating group) is 1. The Labute approximate surface area is 129 Å². The van der Waals surface area contributed by atoms with E-state index in [0.29, 0.717) is 32.7 Å². The molecule has 0 N–H and O–H groups in total. The molecule has 5 nitrogen and oxygen atoms in total. The van der Waals surface area contributed by atoms with Gasteiger partial charge in [0, 0.05) is 0 Å². The Kier molecular flexibility index (Phi) is 10.9. The summed E-state index contributed by atoms with van der Waals surface area (Å²) in [5, 5.41) is 0. The van der Waals surface area contributed by atoms with Gasteiger partial charge in [-0.25, -0.2) is 0 Å². The van der Waals surface area contributed by atoms with E-state index >= 15 is 0 Å². The van der Waals surface area contributed by atoms with E-state index in [0.717, 1.165) is 12.8 Å². The normalized spacial score (nSPS) is 13.8. The first kappa shape index (κ1) is 19.9. The Bertz CT molecular complexity index is 303. The van der Waals surface area contributed by atoms with E-state index in [-0.39, 0.29) is 11.9 Å². The van der Waals surface area contributed by atoms with Crippen LogP contribution in [-0.4, -0.2) is 49.2 Å². The van der Waals surface area contributed by atoms with Gasteiger partial charge in [0.05, 0.1) is 19.1 Å². The summed E-state index contributed by atoms with van der Waals surface area (Å²) < 4.78 is 10.5. The molecule has 0 saturated carbocycles. The van der Waals surface area contributed by atoms with Crippen LogP contribution in [0.2, 0.25) is 0 Å². The Hall–Kier alpha value is -1.10. The maximum Gasteiger partial charge on any atom is 0.324 e. The lowest BCUT2D eigenvalue weighted by atomic mass is 9.95. The van der Waals surface area contributed by atoms with Crippen molar-refractivity contribution in [2.75, 3.05) is 26.3 Å². The van der Waals surface area contributed by atoms with Crippen LogP contribution in [0.1, 0.15) is 53.9 Å². The second-order valence-electron chi connectivity index (χ2n) is 5.02. The first-order chi connectivity index (χ1) is 10.1. The molecule has 0 aromatic carbocycles. The van der Waals surface area contributed by atoms with E-state index < -0.39 is 12.0 Å². The Balaban J connectivity index is 5.12. The lowest BCUT2D eigenvalue weighted by Gasteiger charge is -2.32. The highest BCUT2D eigenvalue weighted by Crippen LogP contribution is 2.19. The van der Waals surface area contributed by atoms with Crippen molar-refractivity contribution in [3.63, 3.8) is 0 Å². The van der Waals surface area contributed by atoms with Crippen molar-refractivity contribution in [3.05, 3.63) is 0 Å². The van der Waals surface area contributed by atoms with Crippen molar-refractivity contribution in [2.24, 2.45) is 5.92 Å². The quantitative estimate of drug-likeness (QED) is 0.549. The predicted octanol–water partition coefficient (Wildman–Crippen LogP) is 2.63. The van der Waals surface area contributed by atoms with E-state index in [2.05, 4.69) is 0 Å². The molecule has 124 valence electrons. The molecule has 0 saturated heterocycles. The molecule has 0 spiro atoms. The van der Waals surface area contributed by atoms with Crippen LogP contribution in [0.4, 0.5) is 0 Å². The van der Waals surface area contributed by atoms with Gasteiger partial charge < -0.3 is 9.47 Å². The molecule has 0 heterocycles. The second kappa shape index (κ2) is 11.5. The summed E-state index contributed by atoms with van der Waals surface area (Å²) in [6.45, 7) is 11.9. The molecule has 2 atom stereocenters. The molecule has 5 heteroatoms. The van der Waals surface area contributed by atoms with Gasteiger partial charge in [-0.15, -0.1) is 0 Å². The van der Waals surface area contributed by atoms with Crippen molar-refractivity contribution in [1.29, 1.82) is 0 Å². The van der Waals surface area contributed by atoms with Gasteiger partial charge in [0.25, 0.3) is 0 Å².